The molecule has 0 unspecified atom stereocenters. The Morgan fingerprint density at radius 1 is 0.684 bits per heavy atom. The van der Waals surface area contributed by atoms with Gasteiger partial charge in [-0.25, -0.2) is 9.26 Å². The summed E-state index contributed by atoms with van der Waals surface area (Å²) in [5.74, 6) is 0. The lowest BCUT2D eigenvalue weighted by molar-refractivity contribution is 0.315. The van der Waals surface area contributed by atoms with Crippen molar-refractivity contribution in [3.05, 3.63) is 36.4 Å². The molecule has 2 aromatic carbocycles. The van der Waals surface area contributed by atoms with Gasteiger partial charge in [0.2, 0.25) is 0 Å². The summed E-state index contributed by atoms with van der Waals surface area (Å²) in [5.41, 5.74) is 4.28. The minimum atomic E-state index is 0.663. The highest BCUT2D eigenvalue weighted by molar-refractivity contribution is 5.94. The van der Waals surface area contributed by atoms with Crippen molar-refractivity contribution in [3.8, 4) is 0 Å². The van der Waals surface area contributed by atoms with Crippen LogP contribution in [0.15, 0.2) is 45.7 Å². The maximum absolute atomic E-state index is 4.73. The highest BCUT2D eigenvalue weighted by Crippen LogP contribution is 2.27. The fraction of sp³-hybridized carbons (Fsp3) is 0. The average molecular weight is 253 g/mol. The van der Waals surface area contributed by atoms with Crippen molar-refractivity contribution in [1.82, 2.24) is 20.6 Å². The van der Waals surface area contributed by atoms with E-state index in [1.54, 1.807) is 0 Å². The lowest BCUT2D eigenvalue weighted by Crippen LogP contribution is -1.92. The van der Waals surface area contributed by atoms with Gasteiger partial charge in [0.25, 0.3) is 0 Å². The first-order valence-corrected chi connectivity index (χ1v) is 5.61. The van der Waals surface area contributed by atoms with Crippen molar-refractivity contribution in [2.45, 2.75) is 0 Å². The molecule has 2 heterocycles. The van der Waals surface area contributed by atoms with E-state index in [1.165, 1.54) is 0 Å². The molecule has 7 heteroatoms. The van der Waals surface area contributed by atoms with Crippen LogP contribution in [0, 0.1) is 0 Å². The largest absolute Gasteiger partial charge is 0.352 e. The summed E-state index contributed by atoms with van der Waals surface area (Å²) in [6, 6.07) is 11.2. The quantitative estimate of drug-likeness (QED) is 0.586. The van der Waals surface area contributed by atoms with E-state index < -0.39 is 0 Å². The van der Waals surface area contributed by atoms with E-state index in [-0.39, 0.29) is 0 Å². The van der Waals surface area contributed by atoms with Crippen LogP contribution in [-0.4, -0.2) is 20.6 Å². The number of fused-ring (bicyclic) bond motifs is 2. The fourth-order valence-electron chi connectivity index (χ4n) is 1.96. The predicted octanol–water partition coefficient (Wildman–Crippen LogP) is 2.50. The van der Waals surface area contributed by atoms with Gasteiger partial charge in [0.15, 0.2) is 11.0 Å². The zero-order valence-corrected chi connectivity index (χ0v) is 9.57. The van der Waals surface area contributed by atoms with Gasteiger partial charge in [-0.2, -0.15) is 0 Å². The minimum Gasteiger partial charge on any atom is -0.352 e. The van der Waals surface area contributed by atoms with E-state index in [2.05, 4.69) is 25.9 Å². The summed E-state index contributed by atoms with van der Waals surface area (Å²) < 4.78 is 9.46. The van der Waals surface area contributed by atoms with Crippen molar-refractivity contribution in [2.75, 3.05) is 5.32 Å². The number of rotatable bonds is 2. The van der Waals surface area contributed by atoms with Gasteiger partial charge in [-0.15, -0.1) is 0 Å². The molecule has 1 N–H and O–H groups in total. The van der Waals surface area contributed by atoms with Crippen LogP contribution in [0.1, 0.15) is 0 Å². The van der Waals surface area contributed by atoms with Crippen LogP contribution in [0.25, 0.3) is 22.1 Å². The highest BCUT2D eigenvalue weighted by atomic mass is 16.6. The predicted molar refractivity (Wildman–Crippen MR) is 66.9 cm³/mol. The van der Waals surface area contributed by atoms with Crippen LogP contribution < -0.4 is 5.32 Å². The smallest absolute Gasteiger partial charge is 0.158 e. The first-order chi connectivity index (χ1) is 9.42. The number of anilines is 2. The van der Waals surface area contributed by atoms with Gasteiger partial charge in [0, 0.05) is 0 Å². The van der Waals surface area contributed by atoms with E-state index in [9.17, 15) is 0 Å². The van der Waals surface area contributed by atoms with Gasteiger partial charge in [0.05, 0.1) is 11.4 Å². The summed E-state index contributed by atoms with van der Waals surface area (Å²) in [5, 5.41) is 18.6. The third-order valence-electron chi connectivity index (χ3n) is 2.84. The standard InChI is InChI=1S/C12H7N5O2/c1-3-7(11-9(5-1)14-18-16-11)13-8-4-2-6-10-12(8)17-19-15-10/h1-6,13H. The number of hydrogen-bond donors (Lipinski definition) is 1. The van der Waals surface area contributed by atoms with Gasteiger partial charge in [-0.05, 0) is 44.9 Å². The summed E-state index contributed by atoms with van der Waals surface area (Å²) in [7, 11) is 0. The Hall–Kier alpha value is -2.96. The Labute approximate surface area is 106 Å². The van der Waals surface area contributed by atoms with E-state index >= 15 is 0 Å². The average Bonchev–Trinajstić information content (AvgIpc) is 3.08. The topological polar surface area (TPSA) is 89.9 Å². The maximum Gasteiger partial charge on any atom is 0.158 e. The van der Waals surface area contributed by atoms with Crippen LogP contribution in [0.3, 0.4) is 0 Å². The van der Waals surface area contributed by atoms with E-state index in [1.807, 2.05) is 36.4 Å². The Morgan fingerprint density at radius 2 is 1.21 bits per heavy atom. The van der Waals surface area contributed by atoms with E-state index in [0.29, 0.717) is 22.1 Å². The molecule has 4 rings (SSSR count). The van der Waals surface area contributed by atoms with Crippen LogP contribution in [0.4, 0.5) is 11.4 Å². The number of benzene rings is 2. The Kier molecular flexibility index (Phi) is 1.99. The van der Waals surface area contributed by atoms with Crippen molar-refractivity contribution in [2.24, 2.45) is 0 Å². The molecule has 0 aliphatic rings. The number of aromatic nitrogens is 4. The molecular formula is C12H7N5O2. The minimum absolute atomic E-state index is 0.663. The first kappa shape index (κ1) is 10.0. The molecule has 0 fully saturated rings. The summed E-state index contributed by atoms with van der Waals surface area (Å²) in [6.45, 7) is 0. The molecular weight excluding hydrogens is 246 g/mol. The molecule has 0 spiro atoms. The van der Waals surface area contributed by atoms with Crippen LogP contribution >= 0.6 is 0 Å². The molecule has 19 heavy (non-hydrogen) atoms. The summed E-state index contributed by atoms with van der Waals surface area (Å²) >= 11 is 0. The second-order valence-corrected chi connectivity index (χ2v) is 4.00. The molecule has 0 saturated heterocycles. The summed E-state index contributed by atoms with van der Waals surface area (Å²) in [4.78, 5) is 0. The molecule has 0 bridgehead atoms. The van der Waals surface area contributed by atoms with Crippen molar-refractivity contribution < 1.29 is 9.26 Å². The third-order valence-corrected chi connectivity index (χ3v) is 2.84. The molecule has 2 aromatic heterocycles. The van der Waals surface area contributed by atoms with Gasteiger partial charge >= 0.3 is 0 Å². The van der Waals surface area contributed by atoms with Crippen LogP contribution in [0.5, 0.6) is 0 Å². The van der Waals surface area contributed by atoms with Crippen molar-refractivity contribution >= 4 is 33.4 Å². The molecule has 7 nitrogen and oxygen atoms in total. The Balaban J connectivity index is 1.86. The first-order valence-electron chi connectivity index (χ1n) is 5.61. The monoisotopic (exact) mass is 253 g/mol. The zero-order valence-electron chi connectivity index (χ0n) is 9.57. The van der Waals surface area contributed by atoms with E-state index in [4.69, 9.17) is 9.26 Å². The number of nitrogens with one attached hydrogen (secondary N) is 1. The molecule has 0 aliphatic heterocycles. The van der Waals surface area contributed by atoms with Crippen LogP contribution in [0.2, 0.25) is 0 Å². The summed E-state index contributed by atoms with van der Waals surface area (Å²) in [6.07, 6.45) is 0. The SMILES string of the molecule is c1cc(Nc2cccc3nonc23)c2nonc2c1. The van der Waals surface area contributed by atoms with Gasteiger partial charge in [-0.3, -0.25) is 0 Å². The number of nitrogens with zero attached hydrogens (tertiary/aromatic N) is 4. The molecule has 0 aliphatic carbocycles. The third kappa shape index (κ3) is 1.52. The Morgan fingerprint density at radius 3 is 1.74 bits per heavy atom. The second kappa shape index (κ2) is 3.77. The van der Waals surface area contributed by atoms with Crippen LogP contribution in [-0.2, 0) is 0 Å². The van der Waals surface area contributed by atoms with Crippen molar-refractivity contribution in [3.63, 3.8) is 0 Å². The second-order valence-electron chi connectivity index (χ2n) is 4.00. The van der Waals surface area contributed by atoms with Gasteiger partial charge < -0.3 is 5.32 Å². The highest BCUT2D eigenvalue weighted by Gasteiger charge is 2.10. The van der Waals surface area contributed by atoms with Gasteiger partial charge in [0.1, 0.15) is 11.0 Å². The lowest BCUT2D eigenvalue weighted by Gasteiger charge is -2.05. The zero-order chi connectivity index (χ0) is 12.7. The molecule has 0 radical (unpaired) electrons. The van der Waals surface area contributed by atoms with E-state index in [0.717, 1.165) is 11.4 Å². The maximum atomic E-state index is 4.73. The molecule has 0 amide bonds. The normalized spacial score (nSPS) is 11.2. The molecule has 0 atom stereocenters. The molecule has 0 saturated carbocycles. The fourth-order valence-corrected chi connectivity index (χ4v) is 1.96. The molecule has 4 aromatic rings. The van der Waals surface area contributed by atoms with Gasteiger partial charge in [-0.1, -0.05) is 12.1 Å². The number of hydrogen-bond acceptors (Lipinski definition) is 7. The van der Waals surface area contributed by atoms with Crippen molar-refractivity contribution in [1.29, 1.82) is 0 Å². The Bertz CT molecular complexity index is 794. The lowest BCUT2D eigenvalue weighted by atomic mass is 10.2. The molecule has 92 valence electrons.